The van der Waals surface area contributed by atoms with E-state index in [-0.39, 0.29) is 12.4 Å². The summed E-state index contributed by atoms with van der Waals surface area (Å²) in [6.45, 7) is 7.06. The van der Waals surface area contributed by atoms with Crippen LogP contribution in [0.25, 0.3) is 0 Å². The molecule has 0 aliphatic rings. The van der Waals surface area contributed by atoms with Crippen LogP contribution in [0, 0.1) is 0 Å². The maximum atomic E-state index is 6.01. The first-order valence-electron chi connectivity index (χ1n) is 8.67. The summed E-state index contributed by atoms with van der Waals surface area (Å²) in [5, 5.41) is 4.17. The molecule has 26 heavy (non-hydrogen) atoms. The van der Waals surface area contributed by atoms with Crippen molar-refractivity contribution < 1.29 is 9.47 Å². The third kappa shape index (κ3) is 7.36. The number of hydrogen-bond donors (Lipinski definition) is 1. The average Bonchev–Trinajstić information content (AvgIpc) is 2.60. The van der Waals surface area contributed by atoms with Crippen LogP contribution in [-0.4, -0.2) is 13.2 Å². The summed E-state index contributed by atoms with van der Waals surface area (Å²) in [6, 6.07) is 11.8. The third-order valence-electron chi connectivity index (χ3n) is 3.70. The van der Waals surface area contributed by atoms with Gasteiger partial charge in [0.2, 0.25) is 0 Å². The SMILES string of the molecule is CCCCNCc1cc(Br)c(OCc2ccc(Cl)cc2)c(OCC)c1.Cl. The summed E-state index contributed by atoms with van der Waals surface area (Å²) in [4.78, 5) is 0. The largest absolute Gasteiger partial charge is 0.490 e. The molecule has 0 radical (unpaired) electrons. The van der Waals surface area contributed by atoms with Crippen molar-refractivity contribution in [2.24, 2.45) is 0 Å². The van der Waals surface area contributed by atoms with Gasteiger partial charge < -0.3 is 14.8 Å². The van der Waals surface area contributed by atoms with Gasteiger partial charge in [-0.15, -0.1) is 12.4 Å². The zero-order valence-electron chi connectivity index (χ0n) is 15.2. The Morgan fingerprint density at radius 2 is 1.77 bits per heavy atom. The molecule has 0 aliphatic heterocycles. The van der Waals surface area contributed by atoms with E-state index in [9.17, 15) is 0 Å². The number of hydrogen-bond acceptors (Lipinski definition) is 3. The molecule has 0 aliphatic carbocycles. The van der Waals surface area contributed by atoms with Gasteiger partial charge in [0.05, 0.1) is 11.1 Å². The Kier molecular flexibility index (Phi) is 11.1. The molecule has 3 nitrogen and oxygen atoms in total. The van der Waals surface area contributed by atoms with E-state index in [2.05, 4.69) is 34.2 Å². The van der Waals surface area contributed by atoms with Crippen LogP contribution in [-0.2, 0) is 13.2 Å². The van der Waals surface area contributed by atoms with Crippen LogP contribution in [0.4, 0.5) is 0 Å². The van der Waals surface area contributed by atoms with E-state index in [0.29, 0.717) is 13.2 Å². The molecule has 0 unspecified atom stereocenters. The molecule has 2 rings (SSSR count). The molecule has 2 aromatic carbocycles. The van der Waals surface area contributed by atoms with Gasteiger partial charge in [-0.05, 0) is 71.2 Å². The molecular weight excluding hydrogens is 437 g/mol. The summed E-state index contributed by atoms with van der Waals surface area (Å²) in [7, 11) is 0. The van der Waals surface area contributed by atoms with E-state index >= 15 is 0 Å². The van der Waals surface area contributed by atoms with Crippen molar-refractivity contribution in [1.82, 2.24) is 5.32 Å². The topological polar surface area (TPSA) is 30.5 Å². The highest BCUT2D eigenvalue weighted by atomic mass is 79.9. The van der Waals surface area contributed by atoms with Crippen LogP contribution >= 0.6 is 39.9 Å². The Morgan fingerprint density at radius 3 is 2.42 bits per heavy atom. The fourth-order valence-electron chi connectivity index (χ4n) is 2.40. The van der Waals surface area contributed by atoms with Crippen LogP contribution in [0.3, 0.4) is 0 Å². The minimum Gasteiger partial charge on any atom is -0.490 e. The van der Waals surface area contributed by atoms with Gasteiger partial charge in [0.25, 0.3) is 0 Å². The molecular formula is C20H26BrCl2NO2. The van der Waals surface area contributed by atoms with E-state index in [1.54, 1.807) is 0 Å². The maximum absolute atomic E-state index is 6.01. The lowest BCUT2D eigenvalue weighted by Crippen LogP contribution is -2.14. The number of ether oxygens (including phenoxy) is 2. The Balaban J connectivity index is 0.00000338. The molecule has 1 N–H and O–H groups in total. The number of halogens is 3. The molecule has 0 spiro atoms. The zero-order valence-corrected chi connectivity index (χ0v) is 18.3. The monoisotopic (exact) mass is 461 g/mol. The Hall–Kier alpha value is -0.940. The maximum Gasteiger partial charge on any atom is 0.175 e. The van der Waals surface area contributed by atoms with E-state index in [0.717, 1.165) is 39.6 Å². The second-order valence-electron chi connectivity index (χ2n) is 5.78. The molecule has 2 aromatic rings. The molecule has 0 aromatic heterocycles. The molecule has 0 saturated heterocycles. The molecule has 6 heteroatoms. The lowest BCUT2D eigenvalue weighted by atomic mass is 10.2. The Labute approximate surface area is 176 Å². The first-order valence-corrected chi connectivity index (χ1v) is 9.84. The van der Waals surface area contributed by atoms with Crippen LogP contribution in [0.2, 0.25) is 5.02 Å². The molecule has 0 fully saturated rings. The van der Waals surface area contributed by atoms with Gasteiger partial charge in [-0.2, -0.15) is 0 Å². The Morgan fingerprint density at radius 1 is 1.04 bits per heavy atom. The second kappa shape index (κ2) is 12.4. The lowest BCUT2D eigenvalue weighted by molar-refractivity contribution is 0.267. The van der Waals surface area contributed by atoms with Gasteiger partial charge in [0.1, 0.15) is 6.61 Å². The van der Waals surface area contributed by atoms with Crippen molar-refractivity contribution in [2.75, 3.05) is 13.2 Å². The van der Waals surface area contributed by atoms with Crippen molar-refractivity contribution >= 4 is 39.9 Å². The van der Waals surface area contributed by atoms with E-state index in [1.807, 2.05) is 37.3 Å². The quantitative estimate of drug-likeness (QED) is 0.414. The minimum atomic E-state index is 0. The van der Waals surface area contributed by atoms with Crippen LogP contribution in [0.1, 0.15) is 37.8 Å². The van der Waals surface area contributed by atoms with E-state index in [4.69, 9.17) is 21.1 Å². The molecule has 0 bridgehead atoms. The number of unbranched alkanes of at least 4 members (excludes halogenated alkanes) is 1. The standard InChI is InChI=1S/C20H25BrClNO2.ClH/c1-3-5-10-23-13-16-11-18(21)20(19(12-16)24-4-2)25-14-15-6-8-17(22)9-7-15;/h6-9,11-12,23H,3-5,10,13-14H2,1-2H3;1H. The van der Waals surface area contributed by atoms with Crippen molar-refractivity contribution in [2.45, 2.75) is 39.8 Å². The van der Waals surface area contributed by atoms with E-state index < -0.39 is 0 Å². The molecule has 0 atom stereocenters. The average molecular weight is 463 g/mol. The first kappa shape index (κ1) is 23.1. The normalized spacial score (nSPS) is 10.3. The van der Waals surface area contributed by atoms with Gasteiger partial charge in [-0.1, -0.05) is 37.1 Å². The highest BCUT2D eigenvalue weighted by molar-refractivity contribution is 9.10. The fraction of sp³-hybridized carbons (Fsp3) is 0.400. The van der Waals surface area contributed by atoms with Crippen molar-refractivity contribution in [1.29, 1.82) is 0 Å². The molecule has 144 valence electrons. The summed E-state index contributed by atoms with van der Waals surface area (Å²) >= 11 is 9.55. The molecule has 0 heterocycles. The van der Waals surface area contributed by atoms with Gasteiger partial charge >= 0.3 is 0 Å². The van der Waals surface area contributed by atoms with E-state index in [1.165, 1.54) is 18.4 Å². The van der Waals surface area contributed by atoms with Gasteiger partial charge in [0.15, 0.2) is 11.5 Å². The number of rotatable bonds is 10. The third-order valence-corrected chi connectivity index (χ3v) is 4.54. The smallest absolute Gasteiger partial charge is 0.175 e. The van der Waals surface area contributed by atoms with Crippen molar-refractivity contribution in [3.8, 4) is 11.5 Å². The number of nitrogens with one attached hydrogen (secondary N) is 1. The zero-order chi connectivity index (χ0) is 18.1. The Bertz CT molecular complexity index is 666. The lowest BCUT2D eigenvalue weighted by Gasteiger charge is -2.16. The van der Waals surface area contributed by atoms with Gasteiger partial charge in [0, 0.05) is 11.6 Å². The predicted molar refractivity (Wildman–Crippen MR) is 115 cm³/mol. The molecule has 0 saturated carbocycles. The minimum absolute atomic E-state index is 0. The van der Waals surface area contributed by atoms with Crippen molar-refractivity contribution in [3.63, 3.8) is 0 Å². The van der Waals surface area contributed by atoms with Crippen LogP contribution < -0.4 is 14.8 Å². The highest BCUT2D eigenvalue weighted by Gasteiger charge is 2.12. The second-order valence-corrected chi connectivity index (χ2v) is 7.07. The first-order chi connectivity index (χ1) is 12.1. The summed E-state index contributed by atoms with van der Waals surface area (Å²) in [5.41, 5.74) is 2.23. The van der Waals surface area contributed by atoms with Gasteiger partial charge in [-0.3, -0.25) is 0 Å². The molecule has 0 amide bonds. The number of benzene rings is 2. The van der Waals surface area contributed by atoms with Crippen LogP contribution in [0.5, 0.6) is 11.5 Å². The summed E-state index contributed by atoms with van der Waals surface area (Å²) in [5.74, 6) is 1.49. The van der Waals surface area contributed by atoms with Crippen molar-refractivity contribution in [3.05, 3.63) is 57.0 Å². The van der Waals surface area contributed by atoms with Crippen LogP contribution in [0.15, 0.2) is 40.9 Å². The fourth-order valence-corrected chi connectivity index (χ4v) is 3.13. The summed E-state index contributed by atoms with van der Waals surface area (Å²) in [6.07, 6.45) is 2.38. The van der Waals surface area contributed by atoms with Gasteiger partial charge in [-0.25, -0.2) is 0 Å². The predicted octanol–water partition coefficient (Wildman–Crippen LogP) is 6.39. The summed E-state index contributed by atoms with van der Waals surface area (Å²) < 4.78 is 12.7. The highest BCUT2D eigenvalue weighted by Crippen LogP contribution is 2.37.